The minimum Gasteiger partial charge on any atom is -0.496 e. The molecule has 0 bridgehead atoms. The van der Waals surface area contributed by atoms with Crippen molar-refractivity contribution in [3.8, 4) is 5.75 Å². The number of allylic oxidation sites excluding steroid dienone is 1. The van der Waals surface area contributed by atoms with Gasteiger partial charge in [-0.15, -0.1) is 0 Å². The van der Waals surface area contributed by atoms with Gasteiger partial charge in [0.1, 0.15) is 5.75 Å². The van der Waals surface area contributed by atoms with Gasteiger partial charge in [0.25, 0.3) is 5.91 Å². The Kier molecular flexibility index (Phi) is 5.31. The third kappa shape index (κ3) is 4.07. The first-order valence-corrected chi connectivity index (χ1v) is 7.20. The molecule has 0 saturated heterocycles. The number of benzene rings is 2. The minimum absolute atomic E-state index is 0.0893. The number of ether oxygens (including phenoxy) is 1. The predicted molar refractivity (Wildman–Crippen MR) is 90.8 cm³/mol. The molecular weight excluding hydrogens is 290 g/mol. The van der Waals surface area contributed by atoms with Crippen LogP contribution in [-0.4, -0.2) is 37.8 Å². The lowest BCUT2D eigenvalue weighted by Crippen LogP contribution is -2.21. The maximum Gasteiger partial charge on any atom is 0.253 e. The second kappa shape index (κ2) is 7.40. The number of para-hydroxylation sites is 1. The second-order valence-corrected chi connectivity index (χ2v) is 5.22. The van der Waals surface area contributed by atoms with Crippen LogP contribution in [-0.2, 0) is 0 Å². The molecule has 0 fully saturated rings. The third-order valence-corrected chi connectivity index (χ3v) is 3.38. The average molecular weight is 309 g/mol. The minimum atomic E-state index is -0.125. The summed E-state index contributed by atoms with van der Waals surface area (Å²) in [6, 6.07) is 14.1. The van der Waals surface area contributed by atoms with Crippen molar-refractivity contribution in [1.82, 2.24) is 4.90 Å². The van der Waals surface area contributed by atoms with Crippen LogP contribution in [0.15, 0.2) is 54.6 Å². The molecule has 23 heavy (non-hydrogen) atoms. The summed E-state index contributed by atoms with van der Waals surface area (Å²) in [4.78, 5) is 25.5. The number of carbonyl (C=O) groups is 2. The molecule has 0 N–H and O–H groups in total. The molecule has 0 aliphatic carbocycles. The molecule has 2 rings (SSSR count). The van der Waals surface area contributed by atoms with Crippen molar-refractivity contribution in [3.63, 3.8) is 0 Å². The summed E-state index contributed by atoms with van der Waals surface area (Å²) in [5, 5.41) is 0. The highest BCUT2D eigenvalue weighted by Gasteiger charge is 2.09. The van der Waals surface area contributed by atoms with Gasteiger partial charge >= 0.3 is 0 Å². The molecule has 0 spiro atoms. The fourth-order valence-corrected chi connectivity index (χ4v) is 2.10. The molecule has 2 aromatic rings. The normalized spacial score (nSPS) is 10.6. The zero-order valence-electron chi connectivity index (χ0n) is 13.4. The van der Waals surface area contributed by atoms with Crippen molar-refractivity contribution in [2.24, 2.45) is 0 Å². The zero-order chi connectivity index (χ0) is 16.8. The van der Waals surface area contributed by atoms with Gasteiger partial charge in [-0.3, -0.25) is 9.59 Å². The average Bonchev–Trinajstić information content (AvgIpc) is 2.59. The Morgan fingerprint density at radius 2 is 1.57 bits per heavy atom. The number of ketones is 1. The van der Waals surface area contributed by atoms with Crippen LogP contribution in [0.5, 0.6) is 5.75 Å². The summed E-state index contributed by atoms with van der Waals surface area (Å²) in [5.74, 6) is 0.497. The van der Waals surface area contributed by atoms with Gasteiger partial charge in [-0.2, -0.15) is 0 Å². The Labute approximate surface area is 136 Å². The molecule has 4 nitrogen and oxygen atoms in total. The van der Waals surface area contributed by atoms with Crippen molar-refractivity contribution < 1.29 is 14.3 Å². The quantitative estimate of drug-likeness (QED) is 0.629. The van der Waals surface area contributed by atoms with E-state index in [1.807, 2.05) is 24.3 Å². The van der Waals surface area contributed by atoms with Crippen LogP contribution in [0.3, 0.4) is 0 Å². The fraction of sp³-hybridized carbons (Fsp3) is 0.158. The number of carbonyl (C=O) groups excluding carboxylic acids is 2. The maximum atomic E-state index is 12.2. The summed E-state index contributed by atoms with van der Waals surface area (Å²) in [6.45, 7) is 0. The first-order chi connectivity index (χ1) is 11.0. The van der Waals surface area contributed by atoms with E-state index in [-0.39, 0.29) is 11.7 Å². The van der Waals surface area contributed by atoms with E-state index < -0.39 is 0 Å². The summed E-state index contributed by atoms with van der Waals surface area (Å²) in [5.41, 5.74) is 1.93. The van der Waals surface area contributed by atoms with Crippen LogP contribution < -0.4 is 4.74 Å². The van der Waals surface area contributed by atoms with E-state index in [1.54, 1.807) is 51.5 Å². The molecule has 0 unspecified atom stereocenters. The number of nitrogens with zero attached hydrogens (tertiary/aromatic N) is 1. The van der Waals surface area contributed by atoms with Crippen molar-refractivity contribution in [2.75, 3.05) is 21.2 Å². The first-order valence-electron chi connectivity index (χ1n) is 7.20. The van der Waals surface area contributed by atoms with Crippen molar-refractivity contribution in [3.05, 3.63) is 71.3 Å². The van der Waals surface area contributed by atoms with Crippen molar-refractivity contribution >= 4 is 17.8 Å². The first kappa shape index (κ1) is 16.5. The highest BCUT2D eigenvalue weighted by Crippen LogP contribution is 2.19. The monoisotopic (exact) mass is 309 g/mol. The van der Waals surface area contributed by atoms with E-state index in [2.05, 4.69) is 0 Å². The number of hydrogen-bond donors (Lipinski definition) is 0. The molecule has 0 heterocycles. The smallest absolute Gasteiger partial charge is 0.253 e. The molecule has 0 saturated carbocycles. The zero-order valence-corrected chi connectivity index (χ0v) is 13.4. The van der Waals surface area contributed by atoms with Crippen LogP contribution in [0.25, 0.3) is 6.08 Å². The van der Waals surface area contributed by atoms with E-state index >= 15 is 0 Å². The van der Waals surface area contributed by atoms with Crippen molar-refractivity contribution in [1.29, 1.82) is 0 Å². The summed E-state index contributed by atoms with van der Waals surface area (Å²) in [7, 11) is 4.98. The second-order valence-electron chi connectivity index (χ2n) is 5.22. The standard InChI is InChI=1S/C19H19NO3/c1-20(2)19(22)16-10-8-14(9-11-16)17(21)13-12-15-6-4-5-7-18(15)23-3/h4-13H,1-3H3/b13-12+. The Balaban J connectivity index is 2.15. The van der Waals surface area contributed by atoms with Gasteiger partial charge in [0.2, 0.25) is 0 Å². The maximum absolute atomic E-state index is 12.2. The van der Waals surface area contributed by atoms with Gasteiger partial charge in [0.15, 0.2) is 5.78 Å². The SMILES string of the molecule is COc1ccccc1/C=C/C(=O)c1ccc(C(=O)N(C)C)cc1. The van der Waals surface area contributed by atoms with Gasteiger partial charge < -0.3 is 9.64 Å². The van der Waals surface area contributed by atoms with E-state index in [0.29, 0.717) is 16.9 Å². The highest BCUT2D eigenvalue weighted by atomic mass is 16.5. The number of methoxy groups -OCH3 is 1. The van der Waals surface area contributed by atoms with Gasteiger partial charge in [-0.1, -0.05) is 30.3 Å². The van der Waals surface area contributed by atoms with Crippen molar-refractivity contribution in [2.45, 2.75) is 0 Å². The van der Waals surface area contributed by atoms with Gasteiger partial charge in [0, 0.05) is 30.8 Å². The number of hydrogen-bond acceptors (Lipinski definition) is 3. The van der Waals surface area contributed by atoms with E-state index in [4.69, 9.17) is 4.74 Å². The summed E-state index contributed by atoms with van der Waals surface area (Å²) < 4.78 is 5.24. The molecule has 118 valence electrons. The molecule has 0 aromatic heterocycles. The fourth-order valence-electron chi connectivity index (χ4n) is 2.10. The Bertz CT molecular complexity index is 731. The number of rotatable bonds is 5. The molecule has 0 atom stereocenters. The van der Waals surface area contributed by atoms with Crippen LogP contribution in [0.4, 0.5) is 0 Å². The van der Waals surface area contributed by atoms with E-state index in [9.17, 15) is 9.59 Å². The Hall–Kier alpha value is -2.88. The molecule has 1 amide bonds. The van der Waals surface area contributed by atoms with Crippen LogP contribution in [0.1, 0.15) is 26.3 Å². The number of amides is 1. The third-order valence-electron chi connectivity index (χ3n) is 3.38. The lowest BCUT2D eigenvalue weighted by atomic mass is 10.1. The van der Waals surface area contributed by atoms with Gasteiger partial charge in [0.05, 0.1) is 7.11 Å². The lowest BCUT2D eigenvalue weighted by Gasteiger charge is -2.10. The molecule has 0 radical (unpaired) electrons. The topological polar surface area (TPSA) is 46.6 Å². The summed E-state index contributed by atoms with van der Waals surface area (Å²) >= 11 is 0. The largest absolute Gasteiger partial charge is 0.496 e. The van der Waals surface area contributed by atoms with Crippen LogP contribution in [0.2, 0.25) is 0 Å². The molecule has 0 aliphatic rings. The Morgan fingerprint density at radius 1 is 0.957 bits per heavy atom. The van der Waals surface area contributed by atoms with Gasteiger partial charge in [-0.05, 0) is 30.4 Å². The molecule has 2 aromatic carbocycles. The molecule has 0 aliphatic heterocycles. The van der Waals surface area contributed by atoms with Gasteiger partial charge in [-0.25, -0.2) is 0 Å². The molecule has 4 heteroatoms. The highest BCUT2D eigenvalue weighted by molar-refractivity contribution is 6.07. The summed E-state index contributed by atoms with van der Waals surface area (Å²) in [6.07, 6.45) is 3.22. The molecular formula is C19H19NO3. The van der Waals surface area contributed by atoms with Crippen LogP contribution >= 0.6 is 0 Å². The predicted octanol–water partition coefficient (Wildman–Crippen LogP) is 3.29. The van der Waals surface area contributed by atoms with Crippen LogP contribution in [0, 0.1) is 0 Å². The van der Waals surface area contributed by atoms with E-state index in [0.717, 1.165) is 5.56 Å². The lowest BCUT2D eigenvalue weighted by molar-refractivity contribution is 0.0827. The van der Waals surface area contributed by atoms with E-state index in [1.165, 1.54) is 11.0 Å². The Morgan fingerprint density at radius 3 is 2.17 bits per heavy atom.